The molecule has 7 nitrogen and oxygen atoms in total. The van der Waals surface area contributed by atoms with Gasteiger partial charge in [-0.05, 0) is 57.2 Å². The first-order chi connectivity index (χ1) is 14.2. The number of nitrogens with zero attached hydrogens (tertiary/aromatic N) is 3. The minimum atomic E-state index is -0.00587. The maximum Gasteiger partial charge on any atom is 0.321 e. The van der Waals surface area contributed by atoms with Crippen LogP contribution in [0.25, 0.3) is 0 Å². The van der Waals surface area contributed by atoms with Gasteiger partial charge in [-0.1, -0.05) is 12.1 Å². The Bertz CT molecular complexity index is 680. The molecule has 0 radical (unpaired) electrons. The average molecular weight is 402 g/mol. The summed E-state index contributed by atoms with van der Waals surface area (Å²) in [6, 6.07) is 7.98. The molecule has 0 saturated carbocycles. The SMILES string of the molecule is CCNC(=NCc1cccc(NC(=O)N2CCCC2)c1)N1CCC(OCC)CC1. The summed E-state index contributed by atoms with van der Waals surface area (Å²) in [6.07, 6.45) is 4.64. The molecule has 3 rings (SSSR count). The summed E-state index contributed by atoms with van der Waals surface area (Å²) >= 11 is 0. The van der Waals surface area contributed by atoms with Crippen molar-refractivity contribution in [2.45, 2.75) is 52.2 Å². The number of carbonyl (C=O) groups is 1. The molecule has 1 aromatic carbocycles. The molecule has 29 heavy (non-hydrogen) atoms. The summed E-state index contributed by atoms with van der Waals surface area (Å²) in [6.45, 7) is 9.98. The van der Waals surface area contributed by atoms with Gasteiger partial charge in [-0.15, -0.1) is 0 Å². The number of ether oxygens (including phenoxy) is 1. The molecule has 1 aromatic rings. The van der Waals surface area contributed by atoms with Gasteiger partial charge in [0.2, 0.25) is 0 Å². The monoisotopic (exact) mass is 401 g/mol. The Labute approximate surface area is 174 Å². The van der Waals surface area contributed by atoms with Crippen molar-refractivity contribution in [2.75, 3.05) is 44.6 Å². The number of benzene rings is 1. The zero-order valence-corrected chi connectivity index (χ0v) is 17.8. The van der Waals surface area contributed by atoms with Crippen LogP contribution in [0.3, 0.4) is 0 Å². The minimum absolute atomic E-state index is 0.00587. The standard InChI is InChI=1S/C22H35N5O2/c1-3-23-21(26-14-10-20(11-15-26)29-4-2)24-17-18-8-7-9-19(16-18)25-22(28)27-12-5-6-13-27/h7-9,16,20H,3-6,10-15,17H2,1-2H3,(H,23,24)(H,25,28). The molecule has 2 fully saturated rings. The topological polar surface area (TPSA) is 69.2 Å². The van der Waals surface area contributed by atoms with Gasteiger partial charge in [0.1, 0.15) is 0 Å². The molecule has 2 heterocycles. The third-order valence-corrected chi connectivity index (χ3v) is 5.46. The van der Waals surface area contributed by atoms with Gasteiger partial charge >= 0.3 is 6.03 Å². The highest BCUT2D eigenvalue weighted by molar-refractivity contribution is 5.89. The molecule has 0 atom stereocenters. The van der Waals surface area contributed by atoms with Crippen molar-refractivity contribution in [3.05, 3.63) is 29.8 Å². The third kappa shape index (κ3) is 6.35. The Kier molecular flexibility index (Phi) is 8.16. The van der Waals surface area contributed by atoms with Gasteiger partial charge in [0, 0.05) is 45.0 Å². The predicted octanol–water partition coefficient (Wildman–Crippen LogP) is 3.28. The molecule has 2 aliphatic heterocycles. The van der Waals surface area contributed by atoms with Crippen LogP contribution in [0.15, 0.2) is 29.3 Å². The van der Waals surface area contributed by atoms with E-state index in [1.165, 1.54) is 0 Å². The van der Waals surface area contributed by atoms with Crippen molar-refractivity contribution in [1.82, 2.24) is 15.1 Å². The van der Waals surface area contributed by atoms with Crippen LogP contribution in [0.1, 0.15) is 45.1 Å². The first kappa shape index (κ1) is 21.4. The second kappa shape index (κ2) is 11.0. The number of nitrogens with one attached hydrogen (secondary N) is 2. The van der Waals surface area contributed by atoms with Crippen molar-refractivity contribution in [2.24, 2.45) is 4.99 Å². The molecule has 2 amide bonds. The lowest BCUT2D eigenvalue weighted by atomic mass is 10.1. The number of urea groups is 1. The number of likely N-dealkylation sites (tertiary alicyclic amines) is 2. The van der Waals surface area contributed by atoms with Gasteiger partial charge in [-0.25, -0.2) is 9.79 Å². The van der Waals surface area contributed by atoms with Crippen LogP contribution in [0.4, 0.5) is 10.5 Å². The van der Waals surface area contributed by atoms with Crippen molar-refractivity contribution in [1.29, 1.82) is 0 Å². The summed E-state index contributed by atoms with van der Waals surface area (Å²) in [5.41, 5.74) is 1.92. The van der Waals surface area contributed by atoms with E-state index in [0.717, 1.165) is 82.2 Å². The molecular formula is C22H35N5O2. The van der Waals surface area contributed by atoms with Crippen LogP contribution >= 0.6 is 0 Å². The fraction of sp³-hybridized carbons (Fsp3) is 0.636. The summed E-state index contributed by atoms with van der Waals surface area (Å²) < 4.78 is 5.76. The molecule has 7 heteroatoms. The molecule has 0 spiro atoms. The smallest absolute Gasteiger partial charge is 0.321 e. The number of piperidine rings is 1. The summed E-state index contributed by atoms with van der Waals surface area (Å²) in [5, 5.41) is 6.43. The van der Waals surface area contributed by atoms with Gasteiger partial charge in [0.25, 0.3) is 0 Å². The summed E-state index contributed by atoms with van der Waals surface area (Å²) in [7, 11) is 0. The lowest BCUT2D eigenvalue weighted by Gasteiger charge is -2.34. The summed E-state index contributed by atoms with van der Waals surface area (Å²) in [5.74, 6) is 0.953. The van der Waals surface area contributed by atoms with E-state index < -0.39 is 0 Å². The van der Waals surface area contributed by atoms with E-state index in [-0.39, 0.29) is 6.03 Å². The van der Waals surface area contributed by atoms with Gasteiger partial charge in [0.15, 0.2) is 5.96 Å². The fourth-order valence-electron chi connectivity index (χ4n) is 3.93. The number of amides is 2. The Morgan fingerprint density at radius 2 is 1.90 bits per heavy atom. The van der Waals surface area contributed by atoms with Crippen molar-refractivity contribution in [3.8, 4) is 0 Å². The Hall–Kier alpha value is -2.28. The number of rotatable bonds is 6. The second-order valence-electron chi connectivity index (χ2n) is 7.64. The molecule has 160 valence electrons. The summed E-state index contributed by atoms with van der Waals surface area (Å²) in [4.78, 5) is 21.4. The number of guanidine groups is 1. The minimum Gasteiger partial charge on any atom is -0.378 e. The van der Waals surface area contributed by atoms with Gasteiger partial charge in [0.05, 0.1) is 12.6 Å². The zero-order chi connectivity index (χ0) is 20.5. The average Bonchev–Trinajstić information content (AvgIpc) is 3.27. The van der Waals surface area contributed by atoms with E-state index >= 15 is 0 Å². The van der Waals surface area contributed by atoms with E-state index in [1.807, 2.05) is 23.1 Å². The second-order valence-corrected chi connectivity index (χ2v) is 7.64. The first-order valence-corrected chi connectivity index (χ1v) is 11.0. The molecule has 2 aliphatic rings. The molecule has 0 unspecified atom stereocenters. The van der Waals surface area contributed by atoms with E-state index in [9.17, 15) is 4.79 Å². The molecule has 0 aromatic heterocycles. The zero-order valence-electron chi connectivity index (χ0n) is 17.8. The van der Waals surface area contributed by atoms with E-state index in [2.05, 4.69) is 35.4 Å². The van der Waals surface area contributed by atoms with E-state index in [0.29, 0.717) is 12.6 Å². The Morgan fingerprint density at radius 1 is 1.14 bits per heavy atom. The van der Waals surface area contributed by atoms with Gasteiger partial charge < -0.3 is 25.2 Å². The van der Waals surface area contributed by atoms with Crippen molar-refractivity contribution >= 4 is 17.7 Å². The quantitative estimate of drug-likeness (QED) is 0.567. The maximum absolute atomic E-state index is 12.3. The lowest BCUT2D eigenvalue weighted by Crippen LogP contribution is -2.47. The van der Waals surface area contributed by atoms with E-state index in [1.54, 1.807) is 0 Å². The van der Waals surface area contributed by atoms with Crippen LogP contribution in [-0.2, 0) is 11.3 Å². The highest BCUT2D eigenvalue weighted by atomic mass is 16.5. The van der Waals surface area contributed by atoms with Crippen LogP contribution in [0.2, 0.25) is 0 Å². The van der Waals surface area contributed by atoms with Crippen LogP contribution in [0.5, 0.6) is 0 Å². The highest BCUT2D eigenvalue weighted by Gasteiger charge is 2.21. The molecule has 2 saturated heterocycles. The van der Waals surface area contributed by atoms with Crippen LogP contribution in [-0.4, -0.2) is 67.2 Å². The number of hydrogen-bond donors (Lipinski definition) is 2. The molecule has 0 aliphatic carbocycles. The number of aliphatic imine (C=N–C) groups is 1. The number of anilines is 1. The van der Waals surface area contributed by atoms with Crippen molar-refractivity contribution in [3.63, 3.8) is 0 Å². The lowest BCUT2D eigenvalue weighted by molar-refractivity contribution is 0.0263. The van der Waals surface area contributed by atoms with Gasteiger partial charge in [-0.3, -0.25) is 0 Å². The normalized spacial score (nSPS) is 18.2. The molecule has 2 N–H and O–H groups in total. The molecular weight excluding hydrogens is 366 g/mol. The Morgan fingerprint density at radius 3 is 2.59 bits per heavy atom. The fourth-order valence-corrected chi connectivity index (χ4v) is 3.93. The first-order valence-electron chi connectivity index (χ1n) is 11.0. The largest absolute Gasteiger partial charge is 0.378 e. The van der Waals surface area contributed by atoms with Crippen LogP contribution < -0.4 is 10.6 Å². The third-order valence-electron chi connectivity index (χ3n) is 5.46. The predicted molar refractivity (Wildman–Crippen MR) is 117 cm³/mol. The van der Waals surface area contributed by atoms with Crippen molar-refractivity contribution < 1.29 is 9.53 Å². The molecule has 0 bridgehead atoms. The van der Waals surface area contributed by atoms with E-state index in [4.69, 9.17) is 9.73 Å². The van der Waals surface area contributed by atoms with Gasteiger partial charge in [-0.2, -0.15) is 0 Å². The number of carbonyl (C=O) groups excluding carboxylic acids is 1. The number of hydrogen-bond acceptors (Lipinski definition) is 3. The highest BCUT2D eigenvalue weighted by Crippen LogP contribution is 2.16. The Balaban J connectivity index is 1.58. The maximum atomic E-state index is 12.3. The van der Waals surface area contributed by atoms with Crippen LogP contribution in [0, 0.1) is 0 Å².